The Bertz CT molecular complexity index is 190. The zero-order valence-electron chi connectivity index (χ0n) is 9.70. The summed E-state index contributed by atoms with van der Waals surface area (Å²) in [5.74, 6) is 0.243. The molecular formula is C11H21NO3. The van der Waals surface area contributed by atoms with Gasteiger partial charge in [0.05, 0.1) is 26.2 Å². The van der Waals surface area contributed by atoms with Crippen LogP contribution in [-0.2, 0) is 14.3 Å². The molecule has 1 heterocycles. The molecule has 0 spiro atoms. The molecule has 4 heteroatoms. The Morgan fingerprint density at radius 2 is 2.07 bits per heavy atom. The molecule has 0 atom stereocenters. The van der Waals surface area contributed by atoms with E-state index >= 15 is 0 Å². The third-order valence-electron chi connectivity index (χ3n) is 2.12. The monoisotopic (exact) mass is 215 g/mol. The van der Waals surface area contributed by atoms with E-state index in [-0.39, 0.29) is 5.97 Å². The molecule has 1 saturated heterocycles. The smallest absolute Gasteiger partial charge is 0.308 e. The summed E-state index contributed by atoms with van der Waals surface area (Å²) in [7, 11) is 0. The Hall–Kier alpha value is -0.610. The summed E-state index contributed by atoms with van der Waals surface area (Å²) in [4.78, 5) is 13.4. The van der Waals surface area contributed by atoms with Crippen LogP contribution in [-0.4, -0.2) is 50.3 Å². The summed E-state index contributed by atoms with van der Waals surface area (Å²) < 4.78 is 10.3. The molecule has 0 saturated carbocycles. The highest BCUT2D eigenvalue weighted by Crippen LogP contribution is 2.01. The molecule has 1 fully saturated rings. The topological polar surface area (TPSA) is 38.5 Å². The Balaban J connectivity index is 1.82. The van der Waals surface area contributed by atoms with Crippen LogP contribution in [0.25, 0.3) is 0 Å². The Kier molecular flexibility index (Phi) is 5.65. The van der Waals surface area contributed by atoms with E-state index in [2.05, 4.69) is 4.90 Å². The van der Waals surface area contributed by atoms with Crippen LogP contribution >= 0.6 is 0 Å². The zero-order chi connectivity index (χ0) is 11.1. The van der Waals surface area contributed by atoms with Crippen LogP contribution in [0.1, 0.15) is 20.3 Å². The van der Waals surface area contributed by atoms with Crippen LogP contribution in [0, 0.1) is 5.92 Å². The van der Waals surface area contributed by atoms with Gasteiger partial charge < -0.3 is 9.47 Å². The minimum Gasteiger partial charge on any atom is -0.465 e. The lowest BCUT2D eigenvalue weighted by molar-refractivity contribution is -0.145. The van der Waals surface area contributed by atoms with Gasteiger partial charge in [-0.15, -0.1) is 0 Å². The number of esters is 1. The maximum atomic E-state index is 11.1. The second-order valence-corrected chi connectivity index (χ2v) is 4.28. The molecule has 4 nitrogen and oxygen atoms in total. The molecular weight excluding hydrogens is 194 g/mol. The van der Waals surface area contributed by atoms with Crippen molar-refractivity contribution < 1.29 is 14.3 Å². The lowest BCUT2D eigenvalue weighted by Crippen LogP contribution is -2.14. The molecule has 0 aliphatic carbocycles. The molecule has 15 heavy (non-hydrogen) atoms. The quantitative estimate of drug-likeness (QED) is 0.343. The summed E-state index contributed by atoms with van der Waals surface area (Å²) in [6, 6.07) is 0. The highest BCUT2D eigenvalue weighted by Gasteiger charge is 2.15. The van der Waals surface area contributed by atoms with Gasteiger partial charge in [-0.1, -0.05) is 13.8 Å². The van der Waals surface area contributed by atoms with Crippen LogP contribution in [0.5, 0.6) is 0 Å². The first-order chi connectivity index (χ1) is 7.18. The number of rotatable bonds is 8. The molecule has 0 amide bonds. The Morgan fingerprint density at radius 3 is 2.67 bits per heavy atom. The van der Waals surface area contributed by atoms with Crippen LogP contribution < -0.4 is 0 Å². The van der Waals surface area contributed by atoms with Gasteiger partial charge in [-0.25, -0.2) is 0 Å². The van der Waals surface area contributed by atoms with Crippen molar-refractivity contribution in [1.82, 2.24) is 4.90 Å². The summed E-state index contributed by atoms with van der Waals surface area (Å²) in [5, 5.41) is 0. The van der Waals surface area contributed by atoms with Gasteiger partial charge in [-0.3, -0.25) is 9.69 Å². The largest absolute Gasteiger partial charge is 0.465 e. The maximum Gasteiger partial charge on any atom is 0.308 e. The average Bonchev–Trinajstić information content (AvgIpc) is 2.98. The van der Waals surface area contributed by atoms with Crippen LogP contribution in [0.4, 0.5) is 0 Å². The van der Waals surface area contributed by atoms with Gasteiger partial charge in [0.2, 0.25) is 0 Å². The van der Waals surface area contributed by atoms with Crippen molar-refractivity contribution >= 4 is 5.97 Å². The summed E-state index contributed by atoms with van der Waals surface area (Å²) >= 11 is 0. The molecule has 88 valence electrons. The lowest BCUT2D eigenvalue weighted by atomic mass is 10.2. The minimum absolute atomic E-state index is 0.157. The van der Waals surface area contributed by atoms with Crippen molar-refractivity contribution in [1.29, 1.82) is 0 Å². The van der Waals surface area contributed by atoms with E-state index in [1.54, 1.807) is 0 Å². The third kappa shape index (κ3) is 7.33. The van der Waals surface area contributed by atoms with E-state index in [0.717, 1.165) is 13.2 Å². The Labute approximate surface area is 91.5 Å². The molecule has 0 radical (unpaired) electrons. The van der Waals surface area contributed by atoms with Crippen molar-refractivity contribution in [3.63, 3.8) is 0 Å². The minimum atomic E-state index is -0.157. The van der Waals surface area contributed by atoms with Gasteiger partial charge in [0.1, 0.15) is 0 Å². The molecule has 0 N–H and O–H groups in total. The van der Waals surface area contributed by atoms with Crippen LogP contribution in [0.2, 0.25) is 0 Å². The first-order valence-electron chi connectivity index (χ1n) is 5.64. The maximum absolute atomic E-state index is 11.1. The number of hydrogen-bond donors (Lipinski definition) is 0. The second-order valence-electron chi connectivity index (χ2n) is 4.28. The molecule has 0 unspecified atom stereocenters. The average molecular weight is 215 g/mol. The normalized spacial score (nSPS) is 15.7. The fourth-order valence-corrected chi connectivity index (χ4v) is 1.08. The summed E-state index contributed by atoms with van der Waals surface area (Å²) in [5.41, 5.74) is 0. The fourth-order valence-electron chi connectivity index (χ4n) is 1.08. The van der Waals surface area contributed by atoms with Gasteiger partial charge in [0.25, 0.3) is 0 Å². The summed E-state index contributed by atoms with van der Waals surface area (Å²) in [6.45, 7) is 9.12. The highest BCUT2D eigenvalue weighted by atomic mass is 16.5. The van der Waals surface area contributed by atoms with Gasteiger partial charge in [0, 0.05) is 19.6 Å². The second kappa shape index (κ2) is 6.80. The van der Waals surface area contributed by atoms with Gasteiger partial charge in [-0.05, 0) is 5.92 Å². The number of hydrogen-bond acceptors (Lipinski definition) is 4. The number of ether oxygens (including phenoxy) is 2. The van der Waals surface area contributed by atoms with E-state index in [1.165, 1.54) is 13.1 Å². The van der Waals surface area contributed by atoms with Gasteiger partial charge >= 0.3 is 5.97 Å². The van der Waals surface area contributed by atoms with Crippen LogP contribution in [0.15, 0.2) is 0 Å². The summed E-state index contributed by atoms with van der Waals surface area (Å²) in [6.07, 6.45) is 0.368. The van der Waals surface area contributed by atoms with E-state index in [4.69, 9.17) is 9.47 Å². The molecule has 1 rings (SSSR count). The van der Waals surface area contributed by atoms with Gasteiger partial charge in [0.15, 0.2) is 0 Å². The highest BCUT2D eigenvalue weighted by molar-refractivity contribution is 5.69. The van der Waals surface area contributed by atoms with E-state index in [1.807, 2.05) is 13.8 Å². The molecule has 0 aromatic carbocycles. The van der Waals surface area contributed by atoms with Gasteiger partial charge in [-0.2, -0.15) is 0 Å². The molecule has 1 aliphatic heterocycles. The zero-order valence-corrected chi connectivity index (χ0v) is 9.70. The number of carbonyl (C=O) groups is 1. The first-order valence-corrected chi connectivity index (χ1v) is 5.64. The molecule has 0 bridgehead atoms. The SMILES string of the molecule is CC(C)COC(=O)CCOCCN1CC1. The number of carbonyl (C=O) groups excluding carboxylic acids is 1. The Morgan fingerprint density at radius 1 is 1.33 bits per heavy atom. The third-order valence-corrected chi connectivity index (χ3v) is 2.12. The van der Waals surface area contributed by atoms with E-state index in [9.17, 15) is 4.79 Å². The number of nitrogens with zero attached hydrogens (tertiary/aromatic N) is 1. The van der Waals surface area contributed by atoms with Crippen molar-refractivity contribution in [3.8, 4) is 0 Å². The first kappa shape index (κ1) is 12.5. The predicted octanol–water partition coefficient (Wildman–Crippen LogP) is 0.908. The standard InChI is InChI=1S/C11H21NO3/c1-10(2)9-15-11(13)3-7-14-8-6-12-4-5-12/h10H,3-9H2,1-2H3. The molecule has 1 aliphatic rings. The van der Waals surface area contributed by atoms with E-state index < -0.39 is 0 Å². The van der Waals surface area contributed by atoms with Crippen molar-refractivity contribution in [2.45, 2.75) is 20.3 Å². The fraction of sp³-hybridized carbons (Fsp3) is 0.909. The van der Waals surface area contributed by atoms with Crippen LogP contribution in [0.3, 0.4) is 0 Å². The van der Waals surface area contributed by atoms with E-state index in [0.29, 0.717) is 25.6 Å². The lowest BCUT2D eigenvalue weighted by Gasteiger charge is -2.07. The molecule has 0 aromatic rings. The molecule has 0 aromatic heterocycles. The van der Waals surface area contributed by atoms with Crippen molar-refractivity contribution in [3.05, 3.63) is 0 Å². The predicted molar refractivity (Wildman–Crippen MR) is 57.7 cm³/mol. The van der Waals surface area contributed by atoms with Crippen molar-refractivity contribution in [2.24, 2.45) is 5.92 Å². The van der Waals surface area contributed by atoms with Crippen molar-refractivity contribution in [2.75, 3.05) is 39.5 Å².